The summed E-state index contributed by atoms with van der Waals surface area (Å²) in [6.07, 6.45) is 4.39. The Bertz CT molecular complexity index is 790. The zero-order valence-electron chi connectivity index (χ0n) is 10.4. The number of aromatic amines is 1. The highest BCUT2D eigenvalue weighted by Crippen LogP contribution is 2.12. The summed E-state index contributed by atoms with van der Waals surface area (Å²) in [5, 5.41) is 5.15. The summed E-state index contributed by atoms with van der Waals surface area (Å²) in [5.74, 6) is -0.250. The Morgan fingerprint density at radius 1 is 1.50 bits per heavy atom. The number of thiophene rings is 1. The fourth-order valence-electron chi connectivity index (χ4n) is 1.82. The zero-order valence-corrected chi connectivity index (χ0v) is 11.2. The Kier molecular flexibility index (Phi) is 3.30. The second-order valence-electron chi connectivity index (χ2n) is 4.10. The molecular formula is C12H11N5O2S. The van der Waals surface area contributed by atoms with E-state index in [0.717, 1.165) is 4.83 Å². The second-order valence-corrected chi connectivity index (χ2v) is 5.00. The second kappa shape index (κ2) is 5.25. The minimum Gasteiger partial charge on any atom is -0.349 e. The van der Waals surface area contributed by atoms with Gasteiger partial charge in [-0.05, 0) is 11.4 Å². The molecule has 0 fully saturated rings. The number of hydrogen-bond donors (Lipinski definition) is 2. The summed E-state index contributed by atoms with van der Waals surface area (Å²) in [6, 6.07) is 1.76. The molecule has 1 amide bonds. The molecule has 3 aromatic rings. The number of amides is 1. The molecule has 0 atom stereocenters. The molecule has 2 N–H and O–H groups in total. The lowest BCUT2D eigenvalue weighted by Crippen LogP contribution is -2.31. The van der Waals surface area contributed by atoms with E-state index in [1.807, 2.05) is 5.38 Å². The van der Waals surface area contributed by atoms with Crippen molar-refractivity contribution in [1.29, 1.82) is 0 Å². The first kappa shape index (κ1) is 12.5. The van der Waals surface area contributed by atoms with Crippen LogP contribution in [0.25, 0.3) is 10.2 Å². The van der Waals surface area contributed by atoms with E-state index in [1.54, 1.807) is 6.07 Å². The molecule has 0 aliphatic heterocycles. The summed E-state index contributed by atoms with van der Waals surface area (Å²) in [4.78, 5) is 35.2. The van der Waals surface area contributed by atoms with E-state index in [-0.39, 0.29) is 11.5 Å². The molecule has 3 aromatic heterocycles. The lowest BCUT2D eigenvalue weighted by atomic mass is 10.4. The van der Waals surface area contributed by atoms with Gasteiger partial charge >= 0.3 is 0 Å². The van der Waals surface area contributed by atoms with E-state index in [9.17, 15) is 9.59 Å². The molecule has 0 bridgehead atoms. The number of nitrogens with one attached hydrogen (secondary N) is 2. The van der Waals surface area contributed by atoms with Crippen LogP contribution in [0.1, 0.15) is 10.5 Å². The lowest BCUT2D eigenvalue weighted by Gasteiger charge is -2.06. The maximum Gasteiger partial charge on any atom is 0.269 e. The van der Waals surface area contributed by atoms with Crippen LogP contribution in [0.5, 0.6) is 0 Å². The van der Waals surface area contributed by atoms with Crippen LogP contribution < -0.4 is 10.9 Å². The Morgan fingerprint density at radius 3 is 3.20 bits per heavy atom. The van der Waals surface area contributed by atoms with Crippen LogP contribution in [-0.4, -0.2) is 32.0 Å². The van der Waals surface area contributed by atoms with Gasteiger partial charge in [-0.1, -0.05) is 0 Å². The van der Waals surface area contributed by atoms with Gasteiger partial charge in [0.1, 0.15) is 10.5 Å². The third-order valence-electron chi connectivity index (χ3n) is 2.83. The molecular weight excluding hydrogens is 278 g/mol. The molecule has 0 radical (unpaired) electrons. The average Bonchev–Trinajstić information content (AvgIpc) is 3.11. The Labute approximate surface area is 117 Å². The molecule has 7 nitrogen and oxygen atoms in total. The van der Waals surface area contributed by atoms with Crippen molar-refractivity contribution in [1.82, 2.24) is 24.8 Å². The molecule has 0 aliphatic carbocycles. The quantitative estimate of drug-likeness (QED) is 0.736. The highest BCUT2D eigenvalue weighted by Gasteiger charge is 2.07. The van der Waals surface area contributed by atoms with E-state index >= 15 is 0 Å². The number of aromatic nitrogens is 4. The molecule has 0 aliphatic rings. The molecule has 0 aromatic carbocycles. The van der Waals surface area contributed by atoms with Gasteiger partial charge in [-0.2, -0.15) is 0 Å². The SMILES string of the molecule is O=C(NCCn1cnc2sccc2c1=O)c1cnc[nH]1. The van der Waals surface area contributed by atoms with Crippen LogP contribution in [0.2, 0.25) is 0 Å². The summed E-state index contributed by atoms with van der Waals surface area (Å²) >= 11 is 1.43. The number of hydrogen-bond acceptors (Lipinski definition) is 5. The van der Waals surface area contributed by atoms with Crippen molar-refractivity contribution >= 4 is 27.5 Å². The third-order valence-corrected chi connectivity index (χ3v) is 3.65. The predicted molar refractivity (Wildman–Crippen MR) is 74.8 cm³/mol. The fourth-order valence-corrected chi connectivity index (χ4v) is 2.54. The fraction of sp³-hybridized carbons (Fsp3) is 0.167. The van der Waals surface area contributed by atoms with Gasteiger partial charge < -0.3 is 10.3 Å². The molecule has 0 saturated carbocycles. The van der Waals surface area contributed by atoms with Crippen LogP contribution in [0.4, 0.5) is 0 Å². The third kappa shape index (κ3) is 2.32. The molecule has 3 rings (SSSR count). The molecule has 3 heterocycles. The monoisotopic (exact) mass is 289 g/mol. The first-order valence-corrected chi connectivity index (χ1v) is 6.83. The highest BCUT2D eigenvalue weighted by atomic mass is 32.1. The van der Waals surface area contributed by atoms with Crippen LogP contribution >= 0.6 is 11.3 Å². The van der Waals surface area contributed by atoms with Crippen molar-refractivity contribution in [3.8, 4) is 0 Å². The highest BCUT2D eigenvalue weighted by molar-refractivity contribution is 7.16. The van der Waals surface area contributed by atoms with Gasteiger partial charge in [0.05, 0.1) is 24.2 Å². The van der Waals surface area contributed by atoms with Crippen LogP contribution in [0.15, 0.2) is 35.1 Å². The largest absolute Gasteiger partial charge is 0.349 e. The van der Waals surface area contributed by atoms with Crippen LogP contribution in [0, 0.1) is 0 Å². The number of carbonyl (C=O) groups is 1. The standard InChI is InChI=1S/C12H11N5O2S/c18-10(9-5-13-6-15-9)14-2-3-17-7-16-11-8(12(17)19)1-4-20-11/h1,4-7H,2-3H2,(H,13,15)(H,14,18). The molecule has 8 heteroatoms. The minimum atomic E-state index is -0.250. The Morgan fingerprint density at radius 2 is 2.40 bits per heavy atom. The van der Waals surface area contributed by atoms with E-state index < -0.39 is 0 Å². The first-order valence-electron chi connectivity index (χ1n) is 5.95. The Hall–Kier alpha value is -2.48. The number of rotatable bonds is 4. The number of imidazole rings is 1. The van der Waals surface area contributed by atoms with Gasteiger partial charge in [-0.3, -0.25) is 14.2 Å². The van der Waals surface area contributed by atoms with Gasteiger partial charge in [0.25, 0.3) is 11.5 Å². The van der Waals surface area contributed by atoms with Crippen molar-refractivity contribution in [3.05, 3.63) is 46.3 Å². The summed E-state index contributed by atoms with van der Waals surface area (Å²) in [5.41, 5.74) is 0.302. The molecule has 102 valence electrons. The van der Waals surface area contributed by atoms with E-state index in [1.165, 1.54) is 34.8 Å². The average molecular weight is 289 g/mol. The number of H-pyrrole nitrogens is 1. The molecule has 0 saturated heterocycles. The smallest absolute Gasteiger partial charge is 0.269 e. The van der Waals surface area contributed by atoms with Crippen LogP contribution in [0.3, 0.4) is 0 Å². The van der Waals surface area contributed by atoms with E-state index in [0.29, 0.717) is 24.2 Å². The molecule has 0 unspecified atom stereocenters. The Balaban J connectivity index is 1.67. The van der Waals surface area contributed by atoms with Crippen molar-refractivity contribution < 1.29 is 4.79 Å². The number of nitrogens with zero attached hydrogens (tertiary/aromatic N) is 3. The number of fused-ring (bicyclic) bond motifs is 1. The van der Waals surface area contributed by atoms with Gasteiger partial charge in [0, 0.05) is 13.1 Å². The van der Waals surface area contributed by atoms with Crippen molar-refractivity contribution in [2.24, 2.45) is 0 Å². The minimum absolute atomic E-state index is 0.0907. The molecule has 20 heavy (non-hydrogen) atoms. The van der Waals surface area contributed by atoms with Gasteiger partial charge in [0.15, 0.2) is 0 Å². The van der Waals surface area contributed by atoms with Crippen molar-refractivity contribution in [2.75, 3.05) is 6.54 Å². The molecule has 0 spiro atoms. The zero-order chi connectivity index (χ0) is 13.9. The summed E-state index contributed by atoms with van der Waals surface area (Å²) in [7, 11) is 0. The summed E-state index contributed by atoms with van der Waals surface area (Å²) < 4.78 is 1.49. The topological polar surface area (TPSA) is 92.7 Å². The summed E-state index contributed by atoms with van der Waals surface area (Å²) in [6.45, 7) is 0.715. The van der Waals surface area contributed by atoms with E-state index in [2.05, 4.69) is 20.3 Å². The maximum atomic E-state index is 12.1. The van der Waals surface area contributed by atoms with Crippen LogP contribution in [-0.2, 0) is 6.54 Å². The first-order chi connectivity index (χ1) is 9.75. The van der Waals surface area contributed by atoms with Crippen molar-refractivity contribution in [2.45, 2.75) is 6.54 Å². The van der Waals surface area contributed by atoms with Gasteiger partial charge in [-0.25, -0.2) is 9.97 Å². The van der Waals surface area contributed by atoms with E-state index in [4.69, 9.17) is 0 Å². The van der Waals surface area contributed by atoms with Crippen molar-refractivity contribution in [3.63, 3.8) is 0 Å². The van der Waals surface area contributed by atoms with Gasteiger partial charge in [0.2, 0.25) is 0 Å². The van der Waals surface area contributed by atoms with Gasteiger partial charge in [-0.15, -0.1) is 11.3 Å². The lowest BCUT2D eigenvalue weighted by molar-refractivity contribution is 0.0947. The maximum absolute atomic E-state index is 12.1. The normalized spacial score (nSPS) is 10.8. The number of carbonyl (C=O) groups excluding carboxylic acids is 1. The predicted octanol–water partition coefficient (Wildman–Crippen LogP) is 0.611.